The molecule has 0 saturated carbocycles. The van der Waals surface area contributed by atoms with E-state index in [1.165, 1.54) is 0 Å². The molecule has 3 nitrogen and oxygen atoms in total. The number of hydrogen-bond donors (Lipinski definition) is 3. The van der Waals surface area contributed by atoms with Gasteiger partial charge in [-0.05, 0) is 24.6 Å². The highest BCUT2D eigenvalue weighted by molar-refractivity contribution is 6.30. The zero-order valence-corrected chi connectivity index (χ0v) is 9.41. The Balaban J connectivity index is 2.46. The first-order valence-electron chi connectivity index (χ1n) is 4.91. The summed E-state index contributed by atoms with van der Waals surface area (Å²) in [5.41, 5.74) is 1.10. The molecule has 15 heavy (non-hydrogen) atoms. The lowest BCUT2D eigenvalue weighted by Crippen LogP contribution is -2.31. The van der Waals surface area contributed by atoms with Crippen LogP contribution < -0.4 is 5.32 Å². The van der Waals surface area contributed by atoms with Crippen LogP contribution in [0.4, 0.5) is 0 Å². The summed E-state index contributed by atoms with van der Waals surface area (Å²) in [5.74, 6) is 0. The molecule has 1 aromatic carbocycles. The van der Waals surface area contributed by atoms with Gasteiger partial charge in [-0.25, -0.2) is 0 Å². The van der Waals surface area contributed by atoms with Gasteiger partial charge >= 0.3 is 0 Å². The lowest BCUT2D eigenvalue weighted by atomic mass is 10.1. The van der Waals surface area contributed by atoms with Crippen molar-refractivity contribution in [3.63, 3.8) is 0 Å². The van der Waals surface area contributed by atoms with E-state index < -0.39 is 6.10 Å². The molecule has 0 aliphatic carbocycles. The first-order chi connectivity index (χ1) is 7.13. The molecule has 3 N–H and O–H groups in total. The third-order valence-corrected chi connectivity index (χ3v) is 2.49. The molecule has 0 amide bonds. The third kappa shape index (κ3) is 4.18. The summed E-state index contributed by atoms with van der Waals surface area (Å²) in [6.45, 7) is 2.15. The fourth-order valence-electron chi connectivity index (χ4n) is 1.25. The fourth-order valence-corrected chi connectivity index (χ4v) is 1.37. The zero-order valence-electron chi connectivity index (χ0n) is 8.65. The summed E-state index contributed by atoms with van der Waals surface area (Å²) >= 11 is 5.77. The van der Waals surface area contributed by atoms with Gasteiger partial charge in [-0.1, -0.05) is 23.7 Å². The minimum absolute atomic E-state index is 0.128. The Morgan fingerprint density at radius 2 is 1.93 bits per heavy atom. The molecular formula is C11H16ClNO2. The molecule has 0 aromatic heterocycles. The SMILES string of the molecule is C[C@H](NCC(O)CO)c1ccc(Cl)cc1. The lowest BCUT2D eigenvalue weighted by Gasteiger charge is -2.16. The standard InChI is InChI=1S/C11H16ClNO2/c1-8(13-6-11(15)7-14)9-2-4-10(12)5-3-9/h2-5,8,11,13-15H,6-7H2,1H3/t8-,11?/m0/s1. The number of halogens is 1. The van der Waals surface area contributed by atoms with Gasteiger partial charge in [0.1, 0.15) is 0 Å². The van der Waals surface area contributed by atoms with Crippen LogP contribution in [-0.4, -0.2) is 29.5 Å². The largest absolute Gasteiger partial charge is 0.394 e. The number of nitrogens with one attached hydrogen (secondary N) is 1. The predicted molar refractivity (Wildman–Crippen MR) is 61.0 cm³/mol. The van der Waals surface area contributed by atoms with Gasteiger partial charge < -0.3 is 15.5 Å². The molecule has 84 valence electrons. The average Bonchev–Trinajstić information content (AvgIpc) is 2.26. The van der Waals surface area contributed by atoms with Crippen LogP contribution >= 0.6 is 11.6 Å². The van der Waals surface area contributed by atoms with Crippen LogP contribution in [0.3, 0.4) is 0 Å². The topological polar surface area (TPSA) is 52.5 Å². The molecule has 0 fully saturated rings. The maximum Gasteiger partial charge on any atom is 0.0895 e. The van der Waals surface area contributed by atoms with Crippen LogP contribution in [0.1, 0.15) is 18.5 Å². The quantitative estimate of drug-likeness (QED) is 0.715. The second kappa shape index (κ2) is 6.08. The van der Waals surface area contributed by atoms with E-state index in [1.807, 2.05) is 31.2 Å². The minimum atomic E-state index is -0.709. The van der Waals surface area contributed by atoms with Gasteiger partial charge in [-0.2, -0.15) is 0 Å². The van der Waals surface area contributed by atoms with Crippen LogP contribution in [0.15, 0.2) is 24.3 Å². The summed E-state index contributed by atoms with van der Waals surface area (Å²) in [4.78, 5) is 0. The Morgan fingerprint density at radius 1 is 1.33 bits per heavy atom. The van der Waals surface area contributed by atoms with E-state index in [9.17, 15) is 0 Å². The van der Waals surface area contributed by atoms with E-state index in [4.69, 9.17) is 21.8 Å². The molecule has 4 heteroatoms. The Kier molecular flexibility index (Phi) is 5.05. The second-order valence-corrected chi connectivity index (χ2v) is 3.95. The molecule has 0 radical (unpaired) electrons. The highest BCUT2D eigenvalue weighted by Crippen LogP contribution is 2.15. The second-order valence-electron chi connectivity index (χ2n) is 3.52. The van der Waals surface area contributed by atoms with Crippen molar-refractivity contribution in [2.45, 2.75) is 19.1 Å². The van der Waals surface area contributed by atoms with E-state index in [2.05, 4.69) is 5.32 Å². The van der Waals surface area contributed by atoms with Gasteiger partial charge in [0.05, 0.1) is 12.7 Å². The fraction of sp³-hybridized carbons (Fsp3) is 0.455. The number of aliphatic hydroxyl groups is 2. The molecule has 1 aromatic rings. The molecule has 1 rings (SSSR count). The molecular weight excluding hydrogens is 214 g/mol. The Bertz CT molecular complexity index is 289. The van der Waals surface area contributed by atoms with Crippen LogP contribution in [0.5, 0.6) is 0 Å². The van der Waals surface area contributed by atoms with Gasteiger partial charge in [-0.3, -0.25) is 0 Å². The molecule has 0 saturated heterocycles. The third-order valence-electron chi connectivity index (χ3n) is 2.24. The van der Waals surface area contributed by atoms with E-state index >= 15 is 0 Å². The van der Waals surface area contributed by atoms with Crippen molar-refractivity contribution in [3.05, 3.63) is 34.9 Å². The van der Waals surface area contributed by atoms with E-state index in [-0.39, 0.29) is 12.6 Å². The molecule has 0 aliphatic heterocycles. The molecule has 1 unspecified atom stereocenters. The summed E-state index contributed by atoms with van der Waals surface area (Å²) in [5, 5.41) is 21.6. The highest BCUT2D eigenvalue weighted by Gasteiger charge is 2.07. The van der Waals surface area contributed by atoms with Gasteiger partial charge in [0.15, 0.2) is 0 Å². The van der Waals surface area contributed by atoms with E-state index in [0.717, 1.165) is 5.56 Å². The molecule has 2 atom stereocenters. The Hall–Kier alpha value is -0.610. The van der Waals surface area contributed by atoms with E-state index in [0.29, 0.717) is 11.6 Å². The van der Waals surface area contributed by atoms with Crippen molar-refractivity contribution in [1.29, 1.82) is 0 Å². The minimum Gasteiger partial charge on any atom is -0.394 e. The summed E-state index contributed by atoms with van der Waals surface area (Å²) < 4.78 is 0. The Morgan fingerprint density at radius 3 is 2.47 bits per heavy atom. The maximum absolute atomic E-state index is 9.16. The summed E-state index contributed by atoms with van der Waals surface area (Å²) in [7, 11) is 0. The normalized spacial score (nSPS) is 14.9. The van der Waals surface area contributed by atoms with Crippen LogP contribution in [0.2, 0.25) is 5.02 Å². The van der Waals surface area contributed by atoms with Crippen molar-refractivity contribution in [1.82, 2.24) is 5.32 Å². The molecule has 0 aliphatic rings. The maximum atomic E-state index is 9.16. The van der Waals surface area contributed by atoms with Crippen LogP contribution in [0, 0.1) is 0 Å². The van der Waals surface area contributed by atoms with Gasteiger partial charge in [0.2, 0.25) is 0 Å². The highest BCUT2D eigenvalue weighted by atomic mass is 35.5. The van der Waals surface area contributed by atoms with Crippen molar-refractivity contribution >= 4 is 11.6 Å². The van der Waals surface area contributed by atoms with Crippen molar-refractivity contribution in [2.75, 3.05) is 13.2 Å². The van der Waals surface area contributed by atoms with Gasteiger partial charge in [-0.15, -0.1) is 0 Å². The molecule has 0 heterocycles. The Labute approximate surface area is 94.7 Å². The monoisotopic (exact) mass is 229 g/mol. The van der Waals surface area contributed by atoms with Gasteiger partial charge in [0, 0.05) is 17.6 Å². The number of hydrogen-bond acceptors (Lipinski definition) is 3. The molecule has 0 bridgehead atoms. The number of benzene rings is 1. The predicted octanol–water partition coefficient (Wildman–Crippen LogP) is 1.34. The first kappa shape index (κ1) is 12.5. The number of rotatable bonds is 5. The first-order valence-corrected chi connectivity index (χ1v) is 5.29. The summed E-state index contributed by atoms with van der Waals surface area (Å²) in [6, 6.07) is 7.66. The van der Waals surface area contributed by atoms with Crippen LogP contribution in [0.25, 0.3) is 0 Å². The lowest BCUT2D eigenvalue weighted by molar-refractivity contribution is 0.0924. The number of aliphatic hydroxyl groups excluding tert-OH is 2. The smallest absolute Gasteiger partial charge is 0.0895 e. The van der Waals surface area contributed by atoms with Crippen molar-refractivity contribution in [3.8, 4) is 0 Å². The average molecular weight is 230 g/mol. The van der Waals surface area contributed by atoms with E-state index in [1.54, 1.807) is 0 Å². The zero-order chi connectivity index (χ0) is 11.3. The van der Waals surface area contributed by atoms with Crippen molar-refractivity contribution in [2.24, 2.45) is 0 Å². The van der Waals surface area contributed by atoms with Crippen LogP contribution in [-0.2, 0) is 0 Å². The molecule has 0 spiro atoms. The summed E-state index contributed by atoms with van der Waals surface area (Å²) in [6.07, 6.45) is -0.709. The van der Waals surface area contributed by atoms with Gasteiger partial charge in [0.25, 0.3) is 0 Å². The van der Waals surface area contributed by atoms with Crippen molar-refractivity contribution < 1.29 is 10.2 Å².